The topological polar surface area (TPSA) is 65.1 Å². The SMILES string of the molecule is COC(=O)/C=C1\c2cc(OC)ccc2C(=O)N1OC. The van der Waals surface area contributed by atoms with Gasteiger partial charge in [-0.25, -0.2) is 4.79 Å². The van der Waals surface area contributed by atoms with E-state index in [4.69, 9.17) is 9.57 Å². The van der Waals surface area contributed by atoms with Crippen LogP contribution in [-0.4, -0.2) is 38.3 Å². The minimum Gasteiger partial charge on any atom is -0.497 e. The van der Waals surface area contributed by atoms with E-state index in [-0.39, 0.29) is 5.91 Å². The van der Waals surface area contributed by atoms with E-state index in [1.165, 1.54) is 27.4 Å². The fraction of sp³-hybridized carbons (Fsp3) is 0.231. The van der Waals surface area contributed by atoms with Gasteiger partial charge in [0.1, 0.15) is 5.75 Å². The van der Waals surface area contributed by atoms with Crippen LogP contribution in [0.2, 0.25) is 0 Å². The number of rotatable bonds is 3. The third-order valence-electron chi connectivity index (χ3n) is 2.77. The molecule has 2 rings (SSSR count). The summed E-state index contributed by atoms with van der Waals surface area (Å²) in [5.74, 6) is -0.323. The molecule has 1 aliphatic heterocycles. The summed E-state index contributed by atoms with van der Waals surface area (Å²) in [6, 6.07) is 4.97. The van der Waals surface area contributed by atoms with Gasteiger partial charge in [-0.1, -0.05) is 0 Å². The lowest BCUT2D eigenvalue weighted by molar-refractivity contribution is -0.135. The van der Waals surface area contributed by atoms with Crippen LogP contribution in [0.25, 0.3) is 5.70 Å². The van der Waals surface area contributed by atoms with Crippen molar-refractivity contribution in [3.05, 3.63) is 35.4 Å². The van der Waals surface area contributed by atoms with Crippen LogP contribution in [0.1, 0.15) is 15.9 Å². The third-order valence-corrected chi connectivity index (χ3v) is 2.77. The standard InChI is InChI=1S/C13H13NO5/c1-17-8-4-5-9-10(6-8)11(7-12(15)18-2)14(19-3)13(9)16/h4-7H,1-3H3/b11-7+. The Balaban J connectivity index is 2.57. The average Bonchev–Trinajstić information content (AvgIpc) is 2.70. The van der Waals surface area contributed by atoms with Crippen molar-refractivity contribution >= 4 is 17.6 Å². The summed E-state index contributed by atoms with van der Waals surface area (Å²) < 4.78 is 9.68. The number of ether oxygens (including phenoxy) is 2. The smallest absolute Gasteiger partial charge is 0.332 e. The minimum absolute atomic E-state index is 0.327. The highest BCUT2D eigenvalue weighted by Gasteiger charge is 2.33. The Morgan fingerprint density at radius 1 is 1.21 bits per heavy atom. The maximum atomic E-state index is 12.1. The maximum absolute atomic E-state index is 12.1. The second-order valence-electron chi connectivity index (χ2n) is 3.75. The zero-order chi connectivity index (χ0) is 14.0. The summed E-state index contributed by atoms with van der Waals surface area (Å²) >= 11 is 0. The van der Waals surface area contributed by atoms with Gasteiger partial charge < -0.3 is 9.47 Å². The van der Waals surface area contributed by atoms with Gasteiger partial charge in [-0.3, -0.25) is 9.63 Å². The molecule has 1 heterocycles. The second-order valence-corrected chi connectivity index (χ2v) is 3.75. The van der Waals surface area contributed by atoms with Crippen LogP contribution in [-0.2, 0) is 14.4 Å². The van der Waals surface area contributed by atoms with Crippen molar-refractivity contribution in [1.29, 1.82) is 0 Å². The lowest BCUT2D eigenvalue weighted by atomic mass is 10.1. The van der Waals surface area contributed by atoms with E-state index in [2.05, 4.69) is 4.74 Å². The summed E-state index contributed by atoms with van der Waals surface area (Å²) in [4.78, 5) is 28.5. The van der Waals surface area contributed by atoms with Crippen LogP contribution in [0, 0.1) is 0 Å². The van der Waals surface area contributed by atoms with E-state index in [9.17, 15) is 9.59 Å². The van der Waals surface area contributed by atoms with Crippen molar-refractivity contribution < 1.29 is 23.9 Å². The van der Waals surface area contributed by atoms with Gasteiger partial charge in [0, 0.05) is 5.56 Å². The minimum atomic E-state index is -0.569. The van der Waals surface area contributed by atoms with Gasteiger partial charge in [-0.15, -0.1) is 0 Å². The van der Waals surface area contributed by atoms with Gasteiger partial charge >= 0.3 is 5.97 Å². The molecule has 1 aliphatic rings. The first-order chi connectivity index (χ1) is 9.12. The number of amides is 1. The first kappa shape index (κ1) is 13.1. The molecule has 6 nitrogen and oxygen atoms in total. The molecule has 1 amide bonds. The number of nitrogens with zero attached hydrogens (tertiary/aromatic N) is 1. The molecule has 0 saturated heterocycles. The molecule has 1 aromatic rings. The van der Waals surface area contributed by atoms with Gasteiger partial charge in [0.25, 0.3) is 5.91 Å². The van der Waals surface area contributed by atoms with E-state index in [1.54, 1.807) is 18.2 Å². The fourth-order valence-electron chi connectivity index (χ4n) is 1.87. The van der Waals surface area contributed by atoms with Crippen molar-refractivity contribution in [3.8, 4) is 5.75 Å². The molecule has 0 aromatic heterocycles. The number of hydrogen-bond acceptors (Lipinski definition) is 5. The zero-order valence-electron chi connectivity index (χ0n) is 10.8. The Bertz CT molecular complexity index is 564. The van der Waals surface area contributed by atoms with E-state index in [0.717, 1.165) is 5.06 Å². The van der Waals surface area contributed by atoms with Crippen molar-refractivity contribution in [2.24, 2.45) is 0 Å². The first-order valence-corrected chi connectivity index (χ1v) is 5.49. The molecular weight excluding hydrogens is 250 g/mol. The van der Waals surface area contributed by atoms with Crippen LogP contribution in [0.4, 0.5) is 0 Å². The highest BCUT2D eigenvalue weighted by Crippen LogP contribution is 2.35. The van der Waals surface area contributed by atoms with Crippen LogP contribution >= 0.6 is 0 Å². The number of hydrogen-bond donors (Lipinski definition) is 0. The van der Waals surface area contributed by atoms with Crippen molar-refractivity contribution in [1.82, 2.24) is 5.06 Å². The molecule has 0 saturated carbocycles. The second kappa shape index (κ2) is 5.11. The molecular formula is C13H13NO5. The molecule has 1 aromatic carbocycles. The summed E-state index contributed by atoms with van der Waals surface area (Å²) in [5.41, 5.74) is 1.34. The summed E-state index contributed by atoms with van der Waals surface area (Å²) in [6.45, 7) is 0. The van der Waals surface area contributed by atoms with Crippen LogP contribution < -0.4 is 4.74 Å². The van der Waals surface area contributed by atoms with Crippen LogP contribution in [0.5, 0.6) is 5.75 Å². The van der Waals surface area contributed by atoms with Gasteiger partial charge in [0.2, 0.25) is 0 Å². The Morgan fingerprint density at radius 2 is 1.95 bits per heavy atom. The number of methoxy groups -OCH3 is 2. The molecule has 6 heteroatoms. The van der Waals surface area contributed by atoms with E-state index in [1.807, 2.05) is 0 Å². The molecule has 0 spiro atoms. The van der Waals surface area contributed by atoms with E-state index >= 15 is 0 Å². The Hall–Kier alpha value is -2.34. The van der Waals surface area contributed by atoms with Gasteiger partial charge in [0.15, 0.2) is 0 Å². The van der Waals surface area contributed by atoms with Crippen LogP contribution in [0.3, 0.4) is 0 Å². The maximum Gasteiger partial charge on any atom is 0.332 e. The van der Waals surface area contributed by atoms with E-state index < -0.39 is 5.97 Å². The molecule has 0 fully saturated rings. The summed E-state index contributed by atoms with van der Waals surface area (Å²) in [6.07, 6.45) is 1.20. The molecule has 19 heavy (non-hydrogen) atoms. The number of fused-ring (bicyclic) bond motifs is 1. The number of benzene rings is 1. The van der Waals surface area contributed by atoms with Crippen molar-refractivity contribution in [2.75, 3.05) is 21.3 Å². The molecule has 0 unspecified atom stereocenters. The predicted molar refractivity (Wildman–Crippen MR) is 66.2 cm³/mol. The van der Waals surface area contributed by atoms with E-state index in [0.29, 0.717) is 22.6 Å². The normalized spacial score (nSPS) is 15.6. The lowest BCUT2D eigenvalue weighted by Crippen LogP contribution is -2.22. The highest BCUT2D eigenvalue weighted by molar-refractivity contribution is 6.11. The molecule has 0 bridgehead atoms. The summed E-state index contributed by atoms with van der Waals surface area (Å²) in [5, 5.41) is 1.04. The molecule has 0 aliphatic carbocycles. The average molecular weight is 263 g/mol. The molecule has 100 valence electrons. The number of esters is 1. The van der Waals surface area contributed by atoms with Gasteiger partial charge in [0.05, 0.1) is 38.7 Å². The Kier molecular flexibility index (Phi) is 3.52. The third kappa shape index (κ3) is 2.17. The van der Waals surface area contributed by atoms with Crippen molar-refractivity contribution in [3.63, 3.8) is 0 Å². The fourth-order valence-corrected chi connectivity index (χ4v) is 1.87. The quantitative estimate of drug-likeness (QED) is 0.606. The lowest BCUT2D eigenvalue weighted by Gasteiger charge is -2.13. The largest absolute Gasteiger partial charge is 0.497 e. The Labute approximate surface area is 110 Å². The molecule has 0 atom stereocenters. The number of hydroxylamine groups is 2. The van der Waals surface area contributed by atoms with Crippen LogP contribution in [0.15, 0.2) is 24.3 Å². The summed E-state index contributed by atoms with van der Waals surface area (Å²) in [7, 11) is 4.14. The highest BCUT2D eigenvalue weighted by atomic mass is 16.7. The number of carbonyl (C=O) groups is 2. The Morgan fingerprint density at radius 3 is 2.53 bits per heavy atom. The predicted octanol–water partition coefficient (Wildman–Crippen LogP) is 1.23. The monoisotopic (exact) mass is 263 g/mol. The zero-order valence-corrected chi connectivity index (χ0v) is 10.8. The number of carbonyl (C=O) groups excluding carboxylic acids is 2. The van der Waals surface area contributed by atoms with Gasteiger partial charge in [-0.05, 0) is 18.2 Å². The van der Waals surface area contributed by atoms with Gasteiger partial charge in [-0.2, -0.15) is 5.06 Å². The first-order valence-electron chi connectivity index (χ1n) is 5.49. The van der Waals surface area contributed by atoms with Crippen molar-refractivity contribution in [2.45, 2.75) is 0 Å². The molecule has 0 N–H and O–H groups in total. The molecule has 0 radical (unpaired) electrons.